The van der Waals surface area contributed by atoms with Crippen molar-refractivity contribution in [2.45, 2.75) is 39.2 Å². The van der Waals surface area contributed by atoms with E-state index in [4.69, 9.17) is 0 Å². The summed E-state index contributed by atoms with van der Waals surface area (Å²) in [5.74, 6) is 0.487. The van der Waals surface area contributed by atoms with Crippen molar-refractivity contribution in [2.75, 3.05) is 0 Å². The van der Waals surface area contributed by atoms with Crippen molar-refractivity contribution >= 4 is 10.9 Å². The highest BCUT2D eigenvalue weighted by Crippen LogP contribution is 2.22. The highest BCUT2D eigenvalue weighted by atomic mass is 16.3. The highest BCUT2D eigenvalue weighted by molar-refractivity contribution is 5.78. The summed E-state index contributed by atoms with van der Waals surface area (Å²) in [6.45, 7) is 6.15. The Balaban J connectivity index is 2.21. The SMILES string of the molecule is CC(C)CC(C)(O)Cc1ccc2ccccc2n1. The number of fused-ring (bicyclic) bond motifs is 1. The first-order valence-electron chi connectivity index (χ1n) is 6.53. The zero-order chi connectivity index (χ0) is 13.2. The Labute approximate surface area is 109 Å². The van der Waals surface area contributed by atoms with E-state index in [2.05, 4.69) is 31.0 Å². The minimum Gasteiger partial charge on any atom is -0.390 e. The third-order valence-electron chi connectivity index (χ3n) is 3.07. The molecule has 1 N–H and O–H groups in total. The molecular formula is C16H21NO. The van der Waals surface area contributed by atoms with Crippen molar-refractivity contribution in [1.29, 1.82) is 0 Å². The first kappa shape index (κ1) is 13.0. The van der Waals surface area contributed by atoms with Gasteiger partial charge in [-0.1, -0.05) is 38.1 Å². The topological polar surface area (TPSA) is 33.1 Å². The fourth-order valence-corrected chi connectivity index (χ4v) is 2.55. The standard InChI is InChI=1S/C16H21NO/c1-12(2)10-16(3,18)11-14-9-8-13-6-4-5-7-15(13)17-14/h4-9,12,18H,10-11H2,1-3H3. The molecule has 1 unspecified atom stereocenters. The van der Waals surface area contributed by atoms with Gasteiger partial charge in [-0.05, 0) is 31.4 Å². The number of aromatic nitrogens is 1. The summed E-state index contributed by atoms with van der Waals surface area (Å²) in [7, 11) is 0. The monoisotopic (exact) mass is 243 g/mol. The van der Waals surface area contributed by atoms with Crippen LogP contribution in [0.25, 0.3) is 10.9 Å². The molecule has 0 aliphatic heterocycles. The molecule has 0 saturated carbocycles. The van der Waals surface area contributed by atoms with Gasteiger partial charge in [0.1, 0.15) is 0 Å². The fraction of sp³-hybridized carbons (Fsp3) is 0.438. The Morgan fingerprint density at radius 2 is 1.89 bits per heavy atom. The van der Waals surface area contributed by atoms with Gasteiger partial charge < -0.3 is 5.11 Å². The second-order valence-electron chi connectivity index (χ2n) is 5.77. The smallest absolute Gasteiger partial charge is 0.0705 e. The summed E-state index contributed by atoms with van der Waals surface area (Å²) in [5, 5.41) is 11.5. The van der Waals surface area contributed by atoms with Crippen LogP contribution in [0.15, 0.2) is 36.4 Å². The molecule has 1 aromatic heterocycles. The van der Waals surface area contributed by atoms with Crippen LogP contribution in [0.5, 0.6) is 0 Å². The van der Waals surface area contributed by atoms with Crippen LogP contribution in [0.1, 0.15) is 32.9 Å². The van der Waals surface area contributed by atoms with Gasteiger partial charge in [-0.25, -0.2) is 0 Å². The van der Waals surface area contributed by atoms with Gasteiger partial charge in [-0.3, -0.25) is 4.98 Å². The Bertz CT molecular complexity index is 531. The number of hydrogen-bond donors (Lipinski definition) is 1. The Kier molecular flexibility index (Phi) is 3.67. The molecule has 2 heteroatoms. The van der Waals surface area contributed by atoms with Crippen LogP contribution in [0.4, 0.5) is 0 Å². The van der Waals surface area contributed by atoms with E-state index in [9.17, 15) is 5.11 Å². The molecule has 0 saturated heterocycles. The van der Waals surface area contributed by atoms with Gasteiger partial charge in [0, 0.05) is 17.5 Å². The lowest BCUT2D eigenvalue weighted by Gasteiger charge is -2.25. The molecule has 96 valence electrons. The maximum absolute atomic E-state index is 10.4. The highest BCUT2D eigenvalue weighted by Gasteiger charge is 2.22. The van der Waals surface area contributed by atoms with E-state index in [-0.39, 0.29) is 0 Å². The largest absolute Gasteiger partial charge is 0.390 e. The predicted octanol–water partition coefficient (Wildman–Crippen LogP) is 3.57. The number of hydrogen-bond acceptors (Lipinski definition) is 2. The summed E-state index contributed by atoms with van der Waals surface area (Å²) < 4.78 is 0. The lowest BCUT2D eigenvalue weighted by Crippen LogP contribution is -2.29. The molecule has 0 bridgehead atoms. The Morgan fingerprint density at radius 3 is 2.61 bits per heavy atom. The van der Waals surface area contributed by atoms with Gasteiger partial charge in [0.2, 0.25) is 0 Å². The first-order chi connectivity index (χ1) is 8.46. The van der Waals surface area contributed by atoms with Crippen molar-refractivity contribution in [3.8, 4) is 0 Å². The number of rotatable bonds is 4. The molecule has 0 fully saturated rings. The fourth-order valence-electron chi connectivity index (χ4n) is 2.55. The third kappa shape index (κ3) is 3.30. The molecule has 2 nitrogen and oxygen atoms in total. The molecule has 18 heavy (non-hydrogen) atoms. The van der Waals surface area contributed by atoms with E-state index in [1.807, 2.05) is 31.2 Å². The molecule has 2 aromatic rings. The second-order valence-corrected chi connectivity index (χ2v) is 5.77. The molecule has 0 amide bonds. The number of nitrogens with zero attached hydrogens (tertiary/aromatic N) is 1. The lowest BCUT2D eigenvalue weighted by molar-refractivity contribution is 0.0380. The van der Waals surface area contributed by atoms with Crippen LogP contribution in [-0.2, 0) is 6.42 Å². The maximum Gasteiger partial charge on any atom is 0.0705 e. The van der Waals surface area contributed by atoms with Gasteiger partial charge in [-0.15, -0.1) is 0 Å². The van der Waals surface area contributed by atoms with E-state index >= 15 is 0 Å². The van der Waals surface area contributed by atoms with Crippen LogP contribution in [0, 0.1) is 5.92 Å². The van der Waals surface area contributed by atoms with Crippen molar-refractivity contribution in [2.24, 2.45) is 5.92 Å². The van der Waals surface area contributed by atoms with E-state index in [1.165, 1.54) is 0 Å². The van der Waals surface area contributed by atoms with Crippen LogP contribution in [0.3, 0.4) is 0 Å². The third-order valence-corrected chi connectivity index (χ3v) is 3.07. The molecular weight excluding hydrogens is 222 g/mol. The number of benzene rings is 1. The lowest BCUT2D eigenvalue weighted by atomic mass is 9.90. The van der Waals surface area contributed by atoms with Crippen LogP contribution < -0.4 is 0 Å². The van der Waals surface area contributed by atoms with Crippen molar-refractivity contribution < 1.29 is 5.11 Å². The van der Waals surface area contributed by atoms with E-state index in [1.54, 1.807) is 0 Å². The van der Waals surface area contributed by atoms with E-state index < -0.39 is 5.60 Å². The molecule has 0 spiro atoms. The molecule has 1 atom stereocenters. The van der Waals surface area contributed by atoms with Crippen LogP contribution in [-0.4, -0.2) is 15.7 Å². The van der Waals surface area contributed by atoms with Crippen LogP contribution in [0.2, 0.25) is 0 Å². The van der Waals surface area contributed by atoms with Gasteiger partial charge in [0.05, 0.1) is 11.1 Å². The van der Waals surface area contributed by atoms with Gasteiger partial charge in [0.15, 0.2) is 0 Å². The summed E-state index contributed by atoms with van der Waals surface area (Å²) in [6.07, 6.45) is 1.40. The second kappa shape index (κ2) is 5.07. The minimum absolute atomic E-state index is 0.487. The van der Waals surface area contributed by atoms with Crippen molar-refractivity contribution in [1.82, 2.24) is 4.98 Å². The summed E-state index contributed by atoms with van der Waals surface area (Å²) >= 11 is 0. The van der Waals surface area contributed by atoms with Gasteiger partial charge >= 0.3 is 0 Å². The van der Waals surface area contributed by atoms with E-state index in [0.717, 1.165) is 23.0 Å². The molecule has 0 radical (unpaired) electrons. The number of aliphatic hydroxyl groups is 1. The predicted molar refractivity (Wildman–Crippen MR) is 75.5 cm³/mol. The van der Waals surface area contributed by atoms with Gasteiger partial charge in [0.25, 0.3) is 0 Å². The van der Waals surface area contributed by atoms with E-state index in [0.29, 0.717) is 12.3 Å². The molecule has 2 rings (SSSR count). The summed E-state index contributed by atoms with van der Waals surface area (Å²) in [4.78, 5) is 4.61. The Morgan fingerprint density at radius 1 is 1.17 bits per heavy atom. The summed E-state index contributed by atoms with van der Waals surface area (Å²) in [5.41, 5.74) is 1.28. The quantitative estimate of drug-likeness (QED) is 0.890. The van der Waals surface area contributed by atoms with Crippen molar-refractivity contribution in [3.63, 3.8) is 0 Å². The molecule has 1 aromatic carbocycles. The molecule has 1 heterocycles. The number of pyridine rings is 1. The van der Waals surface area contributed by atoms with Crippen molar-refractivity contribution in [3.05, 3.63) is 42.1 Å². The molecule has 0 aliphatic rings. The average Bonchev–Trinajstić information content (AvgIpc) is 2.26. The maximum atomic E-state index is 10.4. The zero-order valence-corrected chi connectivity index (χ0v) is 11.4. The normalized spacial score (nSPS) is 14.9. The Hall–Kier alpha value is -1.41. The van der Waals surface area contributed by atoms with Crippen LogP contribution >= 0.6 is 0 Å². The zero-order valence-electron chi connectivity index (χ0n) is 11.4. The first-order valence-corrected chi connectivity index (χ1v) is 6.53. The summed E-state index contributed by atoms with van der Waals surface area (Å²) in [6, 6.07) is 12.2. The minimum atomic E-state index is -0.677. The number of para-hydroxylation sites is 1. The average molecular weight is 243 g/mol. The molecule has 0 aliphatic carbocycles. The van der Waals surface area contributed by atoms with Gasteiger partial charge in [-0.2, -0.15) is 0 Å².